The third-order valence-corrected chi connectivity index (χ3v) is 7.12. The Morgan fingerprint density at radius 2 is 1.86 bits per heavy atom. The van der Waals surface area contributed by atoms with Gasteiger partial charge in [-0.3, -0.25) is 9.59 Å². The van der Waals surface area contributed by atoms with Gasteiger partial charge in [0.2, 0.25) is 0 Å². The zero-order valence-electron chi connectivity index (χ0n) is 19.3. The Hall–Kier alpha value is -3.97. The Bertz CT molecular complexity index is 1450. The largest absolute Gasteiger partial charge is 0.496 e. The SMILES string of the molecule is COc1cc(NC(=O)c2cc(F)ccc2C)ccc1C(=O)N1CCc2ccccc2-c2sccc21. The number of anilines is 2. The molecule has 1 aliphatic rings. The summed E-state index contributed by atoms with van der Waals surface area (Å²) in [6.07, 6.45) is 0.743. The molecule has 0 aliphatic carbocycles. The summed E-state index contributed by atoms with van der Waals surface area (Å²) < 4.78 is 19.2. The fourth-order valence-corrected chi connectivity index (χ4v) is 5.33. The summed E-state index contributed by atoms with van der Waals surface area (Å²) in [4.78, 5) is 29.3. The third kappa shape index (κ3) is 4.31. The number of carbonyl (C=O) groups is 2. The molecule has 0 unspecified atom stereocenters. The van der Waals surface area contributed by atoms with Crippen LogP contribution in [-0.4, -0.2) is 25.5 Å². The van der Waals surface area contributed by atoms with Crippen LogP contribution in [-0.2, 0) is 6.42 Å². The van der Waals surface area contributed by atoms with E-state index in [0.29, 0.717) is 29.1 Å². The minimum atomic E-state index is -0.480. The number of amides is 2. The van der Waals surface area contributed by atoms with E-state index in [0.717, 1.165) is 22.5 Å². The second-order valence-corrected chi connectivity index (χ2v) is 9.24. The molecule has 1 N–H and O–H groups in total. The van der Waals surface area contributed by atoms with Crippen LogP contribution < -0.4 is 15.0 Å². The Balaban J connectivity index is 1.43. The minimum absolute atomic E-state index is 0.173. The molecule has 0 saturated carbocycles. The van der Waals surface area contributed by atoms with Crippen LogP contribution in [0.1, 0.15) is 31.8 Å². The van der Waals surface area contributed by atoms with Crippen molar-refractivity contribution in [2.45, 2.75) is 13.3 Å². The highest BCUT2D eigenvalue weighted by atomic mass is 32.1. The summed E-state index contributed by atoms with van der Waals surface area (Å²) in [6.45, 7) is 2.29. The first-order valence-electron chi connectivity index (χ1n) is 11.2. The van der Waals surface area contributed by atoms with Gasteiger partial charge in [0, 0.05) is 23.9 Å². The molecule has 0 saturated heterocycles. The van der Waals surface area contributed by atoms with Gasteiger partial charge in [-0.05, 0) is 65.7 Å². The predicted molar refractivity (Wildman–Crippen MR) is 137 cm³/mol. The molecule has 2 heterocycles. The van der Waals surface area contributed by atoms with Gasteiger partial charge in [-0.25, -0.2) is 4.39 Å². The number of nitrogens with zero attached hydrogens (tertiary/aromatic N) is 1. The highest BCUT2D eigenvalue weighted by molar-refractivity contribution is 7.14. The fourth-order valence-electron chi connectivity index (χ4n) is 4.37. The number of ether oxygens (including phenoxy) is 1. The van der Waals surface area contributed by atoms with Gasteiger partial charge in [0.05, 0.1) is 23.2 Å². The van der Waals surface area contributed by atoms with E-state index in [-0.39, 0.29) is 11.5 Å². The number of hydrogen-bond acceptors (Lipinski definition) is 4. The summed E-state index contributed by atoms with van der Waals surface area (Å²) in [7, 11) is 1.49. The van der Waals surface area contributed by atoms with E-state index in [4.69, 9.17) is 4.74 Å². The number of methoxy groups -OCH3 is 1. The van der Waals surface area contributed by atoms with E-state index in [1.165, 1.54) is 24.8 Å². The van der Waals surface area contributed by atoms with Crippen LogP contribution in [0.15, 0.2) is 72.1 Å². The van der Waals surface area contributed by atoms with Crippen molar-refractivity contribution in [1.82, 2.24) is 0 Å². The van der Waals surface area contributed by atoms with Crippen molar-refractivity contribution in [2.24, 2.45) is 0 Å². The van der Waals surface area contributed by atoms with Crippen LogP contribution in [0.2, 0.25) is 0 Å². The van der Waals surface area contributed by atoms with E-state index in [9.17, 15) is 14.0 Å². The van der Waals surface area contributed by atoms with E-state index in [1.54, 1.807) is 47.4 Å². The Kier molecular flexibility index (Phi) is 6.09. The molecule has 35 heavy (non-hydrogen) atoms. The topological polar surface area (TPSA) is 58.6 Å². The van der Waals surface area contributed by atoms with Crippen molar-refractivity contribution in [2.75, 3.05) is 23.9 Å². The summed E-state index contributed by atoms with van der Waals surface area (Å²) >= 11 is 1.62. The Morgan fingerprint density at radius 1 is 1.03 bits per heavy atom. The predicted octanol–water partition coefficient (Wildman–Crippen LogP) is 6.33. The smallest absolute Gasteiger partial charge is 0.262 e. The molecule has 176 valence electrons. The van der Waals surface area contributed by atoms with E-state index < -0.39 is 11.7 Å². The van der Waals surface area contributed by atoms with Gasteiger partial charge in [0.25, 0.3) is 11.8 Å². The molecule has 3 aromatic carbocycles. The van der Waals surface area contributed by atoms with E-state index in [2.05, 4.69) is 17.4 Å². The maximum Gasteiger partial charge on any atom is 0.262 e. The Morgan fingerprint density at radius 3 is 2.69 bits per heavy atom. The molecule has 4 aromatic rings. The van der Waals surface area contributed by atoms with Gasteiger partial charge in [-0.2, -0.15) is 0 Å². The Labute approximate surface area is 206 Å². The molecule has 7 heteroatoms. The number of hydrogen-bond donors (Lipinski definition) is 1. The van der Waals surface area contributed by atoms with Crippen molar-refractivity contribution in [3.8, 4) is 16.2 Å². The van der Waals surface area contributed by atoms with Crippen molar-refractivity contribution >= 4 is 34.5 Å². The minimum Gasteiger partial charge on any atom is -0.496 e. The van der Waals surface area contributed by atoms with Crippen molar-refractivity contribution in [3.05, 3.63) is 100 Å². The first-order valence-corrected chi connectivity index (χ1v) is 12.1. The van der Waals surface area contributed by atoms with Crippen LogP contribution in [0.4, 0.5) is 15.8 Å². The molecule has 0 radical (unpaired) electrons. The molecule has 5 rings (SSSR count). The molecule has 2 amide bonds. The molecular formula is C28H23FN2O3S. The zero-order valence-corrected chi connectivity index (χ0v) is 20.1. The molecule has 1 aromatic heterocycles. The van der Waals surface area contributed by atoms with Crippen LogP contribution in [0.5, 0.6) is 5.75 Å². The number of thiophene rings is 1. The summed E-state index contributed by atoms with van der Waals surface area (Å²) in [5.74, 6) is -0.738. The fraction of sp³-hybridized carbons (Fsp3) is 0.143. The van der Waals surface area contributed by atoms with Gasteiger partial charge in [0.15, 0.2) is 0 Å². The zero-order chi connectivity index (χ0) is 24.5. The van der Waals surface area contributed by atoms with Crippen LogP contribution in [0.25, 0.3) is 10.4 Å². The van der Waals surface area contributed by atoms with Crippen molar-refractivity contribution < 1.29 is 18.7 Å². The number of rotatable bonds is 4. The van der Waals surface area contributed by atoms with E-state index in [1.807, 2.05) is 23.6 Å². The lowest BCUT2D eigenvalue weighted by Crippen LogP contribution is -2.32. The molecule has 1 aliphatic heterocycles. The quantitative estimate of drug-likeness (QED) is 0.367. The number of aryl methyl sites for hydroxylation is 1. The maximum atomic E-state index is 13.7. The monoisotopic (exact) mass is 486 g/mol. The normalized spacial score (nSPS) is 12.4. The number of fused-ring (bicyclic) bond motifs is 3. The van der Waals surface area contributed by atoms with Crippen LogP contribution in [0.3, 0.4) is 0 Å². The second-order valence-electron chi connectivity index (χ2n) is 8.33. The number of benzene rings is 3. The molecular weight excluding hydrogens is 463 g/mol. The summed E-state index contributed by atoms with van der Waals surface area (Å²) in [5, 5.41) is 4.77. The van der Waals surface area contributed by atoms with Crippen molar-refractivity contribution in [3.63, 3.8) is 0 Å². The molecule has 0 fully saturated rings. The molecule has 0 bridgehead atoms. The molecule has 0 atom stereocenters. The standard InChI is InChI=1S/C28H23FN2O3S/c1-17-7-8-19(29)15-23(17)27(32)30-20-9-10-22(25(16-20)34-2)28(33)31-13-11-18-5-3-4-6-21(18)26-24(31)12-14-35-26/h3-10,12,14-16H,11,13H2,1-2H3,(H,30,32). The summed E-state index contributed by atoms with van der Waals surface area (Å²) in [5.41, 5.74) is 5.01. The number of nitrogens with one attached hydrogen (secondary N) is 1. The third-order valence-electron chi connectivity index (χ3n) is 6.18. The highest BCUT2D eigenvalue weighted by Gasteiger charge is 2.28. The second kappa shape index (κ2) is 9.35. The first-order chi connectivity index (χ1) is 17.0. The van der Waals surface area contributed by atoms with Gasteiger partial charge < -0.3 is 15.0 Å². The lowest BCUT2D eigenvalue weighted by atomic mass is 10.0. The van der Waals surface area contributed by atoms with Gasteiger partial charge in [-0.1, -0.05) is 30.3 Å². The first kappa shape index (κ1) is 22.8. The van der Waals surface area contributed by atoms with Gasteiger partial charge >= 0.3 is 0 Å². The number of halogens is 1. The van der Waals surface area contributed by atoms with Crippen molar-refractivity contribution in [1.29, 1.82) is 0 Å². The van der Waals surface area contributed by atoms with Gasteiger partial charge in [0.1, 0.15) is 11.6 Å². The molecule has 0 spiro atoms. The van der Waals surface area contributed by atoms with E-state index >= 15 is 0 Å². The van der Waals surface area contributed by atoms with Crippen LogP contribution in [0, 0.1) is 12.7 Å². The van der Waals surface area contributed by atoms with Gasteiger partial charge in [-0.15, -0.1) is 11.3 Å². The highest BCUT2D eigenvalue weighted by Crippen LogP contribution is 2.41. The average molecular weight is 487 g/mol. The molecule has 5 nitrogen and oxygen atoms in total. The lowest BCUT2D eigenvalue weighted by Gasteiger charge is -2.22. The average Bonchev–Trinajstić information content (AvgIpc) is 3.29. The number of carbonyl (C=O) groups excluding carboxylic acids is 2. The van der Waals surface area contributed by atoms with Crippen LogP contribution >= 0.6 is 11.3 Å². The summed E-state index contributed by atoms with van der Waals surface area (Å²) in [6, 6.07) is 19.2. The maximum absolute atomic E-state index is 13.7. The lowest BCUT2D eigenvalue weighted by molar-refractivity contribution is 0.0983.